The van der Waals surface area contributed by atoms with Crippen molar-refractivity contribution in [3.63, 3.8) is 0 Å². The van der Waals surface area contributed by atoms with E-state index in [-0.39, 0.29) is 0 Å². The Hall–Kier alpha value is -1.06. The predicted molar refractivity (Wildman–Crippen MR) is 43.8 cm³/mol. The lowest BCUT2D eigenvalue weighted by atomic mass is 10.1. The molecule has 4 nitrogen and oxygen atoms in total. The lowest BCUT2D eigenvalue weighted by molar-refractivity contribution is 0.988. The van der Waals surface area contributed by atoms with E-state index in [1.54, 1.807) is 6.92 Å². The van der Waals surface area contributed by atoms with Gasteiger partial charge in [0.25, 0.3) is 0 Å². The summed E-state index contributed by atoms with van der Waals surface area (Å²) >= 11 is 0. The molecule has 0 radical (unpaired) electrons. The van der Waals surface area contributed by atoms with Gasteiger partial charge in [0.05, 0.1) is 11.4 Å². The molecular weight excluding hydrogens is 128 g/mol. The lowest BCUT2D eigenvalue weighted by Gasteiger charge is -1.99. The second-order valence-corrected chi connectivity index (χ2v) is 2.04. The Balaban J connectivity index is 4.09. The first kappa shape index (κ1) is 8.94. The quantitative estimate of drug-likeness (QED) is 0.340. The van der Waals surface area contributed by atoms with E-state index in [0.29, 0.717) is 5.71 Å². The highest BCUT2D eigenvalue weighted by atomic mass is 15.2. The average Bonchev–Trinajstić information content (AvgIpc) is 1.99. The summed E-state index contributed by atoms with van der Waals surface area (Å²) in [7, 11) is 0. The van der Waals surface area contributed by atoms with Crippen LogP contribution < -0.4 is 11.7 Å². The number of hydrazone groups is 2. The second-order valence-electron chi connectivity index (χ2n) is 2.04. The maximum Gasteiger partial charge on any atom is 0.0829 e. The third-order valence-electron chi connectivity index (χ3n) is 1.25. The van der Waals surface area contributed by atoms with Crippen LogP contribution in [0.2, 0.25) is 0 Å². The zero-order valence-electron chi connectivity index (χ0n) is 6.46. The van der Waals surface area contributed by atoms with Gasteiger partial charge in [0, 0.05) is 0 Å². The molecule has 4 N–H and O–H groups in total. The van der Waals surface area contributed by atoms with Crippen molar-refractivity contribution in [2.75, 3.05) is 0 Å². The number of nitrogens with zero attached hydrogens (tertiary/aromatic N) is 2. The third kappa shape index (κ3) is 2.48. The van der Waals surface area contributed by atoms with Crippen LogP contribution in [-0.2, 0) is 0 Å². The maximum absolute atomic E-state index is 5.09. The standard InChI is InChI=1S/C6H14N4/c1-3-4-6(10-8)5(2)9-7/h3-4,7-8H2,1-2H3. The zero-order chi connectivity index (χ0) is 7.98. The summed E-state index contributed by atoms with van der Waals surface area (Å²) in [5, 5.41) is 7.04. The van der Waals surface area contributed by atoms with Gasteiger partial charge in [-0.05, 0) is 13.3 Å². The second kappa shape index (κ2) is 4.78. The Morgan fingerprint density at radius 2 is 1.90 bits per heavy atom. The Morgan fingerprint density at radius 3 is 2.20 bits per heavy atom. The van der Waals surface area contributed by atoms with Crippen molar-refractivity contribution < 1.29 is 0 Å². The van der Waals surface area contributed by atoms with E-state index in [9.17, 15) is 0 Å². The number of hydrogen-bond donors (Lipinski definition) is 2. The van der Waals surface area contributed by atoms with Gasteiger partial charge in [-0.1, -0.05) is 13.3 Å². The molecule has 0 saturated carbocycles. The monoisotopic (exact) mass is 142 g/mol. The minimum Gasteiger partial charge on any atom is -0.323 e. The van der Waals surface area contributed by atoms with Crippen LogP contribution in [0.15, 0.2) is 10.2 Å². The van der Waals surface area contributed by atoms with E-state index in [1.165, 1.54) is 0 Å². The molecule has 0 aliphatic rings. The first-order valence-corrected chi connectivity index (χ1v) is 3.27. The maximum atomic E-state index is 5.09. The summed E-state index contributed by atoms with van der Waals surface area (Å²) in [6.07, 6.45) is 1.84. The summed E-state index contributed by atoms with van der Waals surface area (Å²) in [6, 6.07) is 0. The molecule has 0 spiro atoms. The van der Waals surface area contributed by atoms with Gasteiger partial charge in [0.1, 0.15) is 0 Å². The molecule has 0 heterocycles. The van der Waals surface area contributed by atoms with Gasteiger partial charge in [-0.25, -0.2) is 0 Å². The smallest absolute Gasteiger partial charge is 0.0829 e. The molecule has 0 aromatic carbocycles. The van der Waals surface area contributed by atoms with Crippen LogP contribution >= 0.6 is 0 Å². The topological polar surface area (TPSA) is 76.8 Å². The zero-order valence-corrected chi connectivity index (χ0v) is 6.46. The first-order chi connectivity index (χ1) is 4.76. The lowest BCUT2D eigenvalue weighted by Crippen LogP contribution is -2.14. The fourth-order valence-corrected chi connectivity index (χ4v) is 0.650. The molecule has 0 aliphatic heterocycles. The molecule has 10 heavy (non-hydrogen) atoms. The highest BCUT2D eigenvalue weighted by molar-refractivity contribution is 6.41. The molecule has 0 aromatic rings. The summed E-state index contributed by atoms with van der Waals surface area (Å²) in [6.45, 7) is 3.84. The Labute approximate surface area is 61.0 Å². The van der Waals surface area contributed by atoms with E-state index in [1.807, 2.05) is 0 Å². The van der Waals surface area contributed by atoms with Crippen molar-refractivity contribution in [2.24, 2.45) is 21.9 Å². The van der Waals surface area contributed by atoms with Crippen LogP contribution in [0.25, 0.3) is 0 Å². The molecule has 0 bridgehead atoms. The van der Waals surface area contributed by atoms with E-state index >= 15 is 0 Å². The van der Waals surface area contributed by atoms with Crippen molar-refractivity contribution in [1.29, 1.82) is 0 Å². The predicted octanol–water partition coefficient (Wildman–Crippen LogP) is 0.436. The van der Waals surface area contributed by atoms with Crippen LogP contribution in [-0.4, -0.2) is 11.4 Å². The first-order valence-electron chi connectivity index (χ1n) is 3.27. The Morgan fingerprint density at radius 1 is 1.30 bits per heavy atom. The van der Waals surface area contributed by atoms with Crippen LogP contribution in [0.1, 0.15) is 26.7 Å². The minimum absolute atomic E-state index is 0.712. The van der Waals surface area contributed by atoms with Crippen molar-refractivity contribution >= 4 is 11.4 Å². The van der Waals surface area contributed by atoms with Crippen LogP contribution in [0.5, 0.6) is 0 Å². The summed E-state index contributed by atoms with van der Waals surface area (Å²) < 4.78 is 0. The van der Waals surface area contributed by atoms with Crippen molar-refractivity contribution in [2.45, 2.75) is 26.7 Å². The summed E-state index contributed by atoms with van der Waals surface area (Å²) in [5.41, 5.74) is 1.49. The van der Waals surface area contributed by atoms with E-state index in [4.69, 9.17) is 11.7 Å². The molecule has 0 atom stereocenters. The van der Waals surface area contributed by atoms with Gasteiger partial charge in [0.2, 0.25) is 0 Å². The molecule has 0 aromatic heterocycles. The van der Waals surface area contributed by atoms with Gasteiger partial charge in [0.15, 0.2) is 0 Å². The van der Waals surface area contributed by atoms with Crippen LogP contribution in [0.4, 0.5) is 0 Å². The fraction of sp³-hybridized carbons (Fsp3) is 0.667. The number of nitrogens with two attached hydrogens (primary N) is 2. The fourth-order valence-electron chi connectivity index (χ4n) is 0.650. The van der Waals surface area contributed by atoms with Crippen molar-refractivity contribution in [3.05, 3.63) is 0 Å². The van der Waals surface area contributed by atoms with Gasteiger partial charge in [-0.15, -0.1) is 0 Å². The Bertz CT molecular complexity index is 148. The molecule has 0 unspecified atom stereocenters. The molecule has 4 heteroatoms. The SMILES string of the molecule is CCCC(=NN)C(C)=NN. The minimum atomic E-state index is 0.712. The summed E-state index contributed by atoms with van der Waals surface area (Å²) in [4.78, 5) is 0. The molecular formula is C6H14N4. The van der Waals surface area contributed by atoms with Crippen LogP contribution in [0, 0.1) is 0 Å². The van der Waals surface area contributed by atoms with E-state index in [0.717, 1.165) is 18.6 Å². The Kier molecular flexibility index (Phi) is 4.28. The van der Waals surface area contributed by atoms with Crippen molar-refractivity contribution in [3.8, 4) is 0 Å². The van der Waals surface area contributed by atoms with E-state index in [2.05, 4.69) is 17.1 Å². The van der Waals surface area contributed by atoms with Gasteiger partial charge < -0.3 is 11.7 Å². The van der Waals surface area contributed by atoms with Gasteiger partial charge in [-0.2, -0.15) is 10.2 Å². The molecule has 0 aliphatic carbocycles. The molecule has 0 fully saturated rings. The molecule has 0 saturated heterocycles. The third-order valence-corrected chi connectivity index (χ3v) is 1.25. The van der Waals surface area contributed by atoms with Crippen LogP contribution in [0.3, 0.4) is 0 Å². The normalized spacial score (nSPS) is 13.8. The highest BCUT2D eigenvalue weighted by Crippen LogP contribution is 1.92. The number of rotatable bonds is 3. The highest BCUT2D eigenvalue weighted by Gasteiger charge is 2.00. The number of hydrogen-bond acceptors (Lipinski definition) is 4. The largest absolute Gasteiger partial charge is 0.323 e. The van der Waals surface area contributed by atoms with Gasteiger partial charge in [-0.3, -0.25) is 0 Å². The molecule has 0 amide bonds. The molecule has 58 valence electrons. The average molecular weight is 142 g/mol. The molecule has 0 rings (SSSR count). The van der Waals surface area contributed by atoms with E-state index < -0.39 is 0 Å². The van der Waals surface area contributed by atoms with Gasteiger partial charge >= 0.3 is 0 Å². The summed E-state index contributed by atoms with van der Waals surface area (Å²) in [5.74, 6) is 10.1. The van der Waals surface area contributed by atoms with Crippen molar-refractivity contribution in [1.82, 2.24) is 0 Å².